The average molecular weight is 346 g/mol. The third-order valence-electron chi connectivity index (χ3n) is 4.59. The Morgan fingerprint density at radius 1 is 1.12 bits per heavy atom. The van der Waals surface area contributed by atoms with E-state index in [2.05, 4.69) is 10.3 Å². The first-order valence-electron chi connectivity index (χ1n) is 8.39. The Morgan fingerprint density at radius 3 is 2.62 bits per heavy atom. The molecule has 6 heteroatoms. The highest BCUT2D eigenvalue weighted by Crippen LogP contribution is 2.17. The maximum absolute atomic E-state index is 12.8. The van der Waals surface area contributed by atoms with Crippen molar-refractivity contribution >= 4 is 22.6 Å². The van der Waals surface area contributed by atoms with Gasteiger partial charge in [0.25, 0.3) is 11.5 Å². The quantitative estimate of drug-likeness (QED) is 0.620. The van der Waals surface area contributed by atoms with E-state index in [0.29, 0.717) is 22.4 Å². The Bertz CT molecular complexity index is 1180. The van der Waals surface area contributed by atoms with E-state index in [1.165, 1.54) is 4.40 Å². The number of amides is 1. The SMILES string of the molecule is CC(NC(=O)c1cc2c(=O)n3ccccc3nc2n1C)c1ccccc1. The molecular weight excluding hydrogens is 328 g/mol. The first-order chi connectivity index (χ1) is 12.6. The lowest BCUT2D eigenvalue weighted by molar-refractivity contribution is 0.0932. The number of nitrogens with zero attached hydrogens (tertiary/aromatic N) is 3. The van der Waals surface area contributed by atoms with Crippen LogP contribution in [0.4, 0.5) is 0 Å². The van der Waals surface area contributed by atoms with Gasteiger partial charge in [-0.15, -0.1) is 0 Å². The van der Waals surface area contributed by atoms with Crippen LogP contribution < -0.4 is 10.9 Å². The molecule has 0 saturated heterocycles. The van der Waals surface area contributed by atoms with E-state index in [1.54, 1.807) is 36.0 Å². The molecule has 0 bridgehead atoms. The van der Waals surface area contributed by atoms with Gasteiger partial charge in [-0.3, -0.25) is 14.0 Å². The van der Waals surface area contributed by atoms with Crippen LogP contribution >= 0.6 is 0 Å². The van der Waals surface area contributed by atoms with Crippen molar-refractivity contribution in [2.45, 2.75) is 13.0 Å². The molecule has 0 aliphatic rings. The maximum Gasteiger partial charge on any atom is 0.268 e. The summed E-state index contributed by atoms with van der Waals surface area (Å²) in [5.74, 6) is -0.240. The van der Waals surface area contributed by atoms with E-state index < -0.39 is 0 Å². The lowest BCUT2D eigenvalue weighted by Crippen LogP contribution is -2.28. The van der Waals surface area contributed by atoms with Crippen LogP contribution in [0.2, 0.25) is 0 Å². The van der Waals surface area contributed by atoms with E-state index in [0.717, 1.165) is 5.56 Å². The number of aromatic nitrogens is 3. The molecule has 0 aliphatic heterocycles. The van der Waals surface area contributed by atoms with Gasteiger partial charge in [-0.25, -0.2) is 4.98 Å². The van der Waals surface area contributed by atoms with Crippen LogP contribution in [0.25, 0.3) is 16.7 Å². The molecule has 0 radical (unpaired) electrons. The Hall–Kier alpha value is -3.41. The maximum atomic E-state index is 12.8. The van der Waals surface area contributed by atoms with E-state index in [9.17, 15) is 9.59 Å². The summed E-state index contributed by atoms with van der Waals surface area (Å²) in [6.45, 7) is 1.93. The molecule has 1 N–H and O–H groups in total. The van der Waals surface area contributed by atoms with Crippen molar-refractivity contribution in [2.75, 3.05) is 0 Å². The fourth-order valence-electron chi connectivity index (χ4n) is 3.13. The zero-order valence-corrected chi connectivity index (χ0v) is 14.5. The Balaban J connectivity index is 1.76. The van der Waals surface area contributed by atoms with Crippen LogP contribution in [0.1, 0.15) is 29.0 Å². The second-order valence-electron chi connectivity index (χ2n) is 6.28. The molecule has 26 heavy (non-hydrogen) atoms. The molecule has 4 rings (SSSR count). The summed E-state index contributed by atoms with van der Waals surface area (Å²) < 4.78 is 3.15. The molecule has 1 aromatic carbocycles. The van der Waals surface area contributed by atoms with Gasteiger partial charge >= 0.3 is 0 Å². The van der Waals surface area contributed by atoms with Crippen molar-refractivity contribution < 1.29 is 4.79 Å². The minimum atomic E-state index is -0.240. The number of carbonyl (C=O) groups is 1. The standard InChI is InChI=1S/C20H18N4O2/c1-13(14-8-4-3-5-9-14)21-19(25)16-12-15-18(23(16)2)22-17-10-6-7-11-24(17)20(15)26/h3-13H,1-2H3,(H,21,25). The second kappa shape index (κ2) is 6.15. The van der Waals surface area contributed by atoms with Gasteiger partial charge < -0.3 is 9.88 Å². The van der Waals surface area contributed by atoms with Crippen molar-refractivity contribution in [1.29, 1.82) is 0 Å². The van der Waals surface area contributed by atoms with Gasteiger partial charge in [0.2, 0.25) is 0 Å². The van der Waals surface area contributed by atoms with Crippen LogP contribution in [0.5, 0.6) is 0 Å². The molecule has 1 atom stereocenters. The van der Waals surface area contributed by atoms with Crippen LogP contribution in [0.15, 0.2) is 65.6 Å². The highest BCUT2D eigenvalue weighted by atomic mass is 16.2. The van der Waals surface area contributed by atoms with Crippen LogP contribution in [-0.2, 0) is 7.05 Å². The summed E-state index contributed by atoms with van der Waals surface area (Å²) in [5.41, 5.74) is 2.29. The molecule has 0 aliphatic carbocycles. The Morgan fingerprint density at radius 2 is 1.85 bits per heavy atom. The number of rotatable bonds is 3. The smallest absolute Gasteiger partial charge is 0.268 e. The summed E-state index contributed by atoms with van der Waals surface area (Å²) >= 11 is 0. The summed E-state index contributed by atoms with van der Waals surface area (Å²) in [5, 5.41) is 3.40. The highest BCUT2D eigenvalue weighted by Gasteiger charge is 2.19. The average Bonchev–Trinajstić information content (AvgIpc) is 3.00. The van der Waals surface area contributed by atoms with E-state index >= 15 is 0 Å². The lowest BCUT2D eigenvalue weighted by Gasteiger charge is -2.14. The summed E-state index contributed by atoms with van der Waals surface area (Å²) in [6, 6.07) is 16.6. The number of nitrogens with one attached hydrogen (secondary N) is 1. The topological polar surface area (TPSA) is 68.4 Å². The minimum absolute atomic E-state index is 0.144. The van der Waals surface area contributed by atoms with Crippen LogP contribution in [0, 0.1) is 0 Å². The first-order valence-corrected chi connectivity index (χ1v) is 8.39. The molecule has 130 valence electrons. The number of hydrogen-bond donors (Lipinski definition) is 1. The summed E-state index contributed by atoms with van der Waals surface area (Å²) in [7, 11) is 1.75. The summed E-state index contributed by atoms with van der Waals surface area (Å²) in [4.78, 5) is 30.0. The fourth-order valence-corrected chi connectivity index (χ4v) is 3.13. The Kier molecular flexibility index (Phi) is 3.80. The second-order valence-corrected chi connectivity index (χ2v) is 6.28. The number of pyridine rings is 1. The molecule has 1 unspecified atom stereocenters. The lowest BCUT2D eigenvalue weighted by atomic mass is 10.1. The minimum Gasteiger partial charge on any atom is -0.344 e. The van der Waals surface area contributed by atoms with Crippen molar-refractivity contribution in [1.82, 2.24) is 19.3 Å². The molecule has 0 fully saturated rings. The van der Waals surface area contributed by atoms with Gasteiger partial charge in [-0.1, -0.05) is 36.4 Å². The van der Waals surface area contributed by atoms with E-state index in [-0.39, 0.29) is 17.5 Å². The van der Waals surface area contributed by atoms with Crippen LogP contribution in [0.3, 0.4) is 0 Å². The van der Waals surface area contributed by atoms with Crippen molar-refractivity contribution in [3.8, 4) is 0 Å². The molecule has 0 saturated carbocycles. The molecule has 6 nitrogen and oxygen atoms in total. The zero-order valence-electron chi connectivity index (χ0n) is 14.5. The third-order valence-corrected chi connectivity index (χ3v) is 4.59. The third kappa shape index (κ3) is 2.56. The van der Waals surface area contributed by atoms with Gasteiger partial charge in [0.05, 0.1) is 11.4 Å². The molecule has 4 aromatic rings. The molecule has 3 aromatic heterocycles. The van der Waals surface area contributed by atoms with Crippen molar-refractivity contribution in [3.05, 3.63) is 82.4 Å². The van der Waals surface area contributed by atoms with Gasteiger partial charge in [0.1, 0.15) is 17.0 Å². The number of aryl methyl sites for hydroxylation is 1. The molecule has 3 heterocycles. The van der Waals surface area contributed by atoms with Gasteiger partial charge in [-0.2, -0.15) is 0 Å². The zero-order chi connectivity index (χ0) is 18.3. The van der Waals surface area contributed by atoms with Gasteiger partial charge in [-0.05, 0) is 30.7 Å². The fraction of sp³-hybridized carbons (Fsp3) is 0.150. The molecule has 0 spiro atoms. The van der Waals surface area contributed by atoms with Crippen molar-refractivity contribution in [3.63, 3.8) is 0 Å². The van der Waals surface area contributed by atoms with Crippen molar-refractivity contribution in [2.24, 2.45) is 7.05 Å². The first kappa shape index (κ1) is 16.1. The summed E-state index contributed by atoms with van der Waals surface area (Å²) in [6.07, 6.45) is 1.67. The largest absolute Gasteiger partial charge is 0.344 e. The normalized spacial score (nSPS) is 12.4. The van der Waals surface area contributed by atoms with E-state index in [1.807, 2.05) is 43.3 Å². The van der Waals surface area contributed by atoms with Gasteiger partial charge in [0.15, 0.2) is 0 Å². The van der Waals surface area contributed by atoms with Gasteiger partial charge in [0, 0.05) is 13.2 Å². The highest BCUT2D eigenvalue weighted by molar-refractivity contribution is 5.98. The Labute approximate surface area is 149 Å². The monoisotopic (exact) mass is 346 g/mol. The number of hydrogen-bond acceptors (Lipinski definition) is 3. The predicted molar refractivity (Wildman–Crippen MR) is 100 cm³/mol. The van der Waals surface area contributed by atoms with Crippen LogP contribution in [-0.4, -0.2) is 19.9 Å². The number of benzene rings is 1. The number of carbonyl (C=O) groups excluding carboxylic acids is 1. The molecular formula is C20H18N4O2. The predicted octanol–water partition coefficient (Wildman–Crippen LogP) is 2.68. The number of fused-ring (bicyclic) bond motifs is 2. The van der Waals surface area contributed by atoms with E-state index in [4.69, 9.17) is 0 Å². The molecule has 1 amide bonds.